The van der Waals surface area contributed by atoms with E-state index in [0.717, 1.165) is 37.5 Å². The number of rotatable bonds is 5. The Morgan fingerprint density at radius 3 is 2.79 bits per heavy atom. The number of amides is 2. The summed E-state index contributed by atoms with van der Waals surface area (Å²) >= 11 is 0. The van der Waals surface area contributed by atoms with E-state index in [1.165, 1.54) is 38.8 Å². The van der Waals surface area contributed by atoms with Crippen LogP contribution in [0.25, 0.3) is 0 Å². The maximum Gasteiger partial charge on any atom is 0.322 e. The molecule has 1 N–H and O–H groups in total. The van der Waals surface area contributed by atoms with Crippen LogP contribution in [0.15, 0.2) is 12.4 Å². The second-order valence-corrected chi connectivity index (χ2v) is 7.71. The van der Waals surface area contributed by atoms with Gasteiger partial charge in [-0.05, 0) is 64.5 Å². The van der Waals surface area contributed by atoms with Crippen LogP contribution in [0.1, 0.15) is 51.5 Å². The SMILES string of the molecule is C[C@@H](C1CC1)n1cc(NC(=O)N2CCC[C@H]2CN2CCCC2)cn1. The number of carbonyl (C=O) groups is 1. The number of anilines is 1. The van der Waals surface area contributed by atoms with Gasteiger partial charge in [-0.1, -0.05) is 0 Å². The lowest BCUT2D eigenvalue weighted by atomic mass is 10.2. The third-order valence-corrected chi connectivity index (χ3v) is 5.88. The van der Waals surface area contributed by atoms with Gasteiger partial charge in [0.25, 0.3) is 0 Å². The minimum Gasteiger partial charge on any atom is -0.320 e. The zero-order chi connectivity index (χ0) is 16.5. The predicted octanol–water partition coefficient (Wildman–Crippen LogP) is 2.95. The Morgan fingerprint density at radius 2 is 2.04 bits per heavy atom. The first-order valence-electron chi connectivity index (χ1n) is 9.55. The van der Waals surface area contributed by atoms with Gasteiger partial charge in [-0.15, -0.1) is 0 Å². The van der Waals surface area contributed by atoms with Crippen molar-refractivity contribution in [3.63, 3.8) is 0 Å². The predicted molar refractivity (Wildman–Crippen MR) is 94.1 cm³/mol. The molecule has 0 radical (unpaired) electrons. The number of hydrogen-bond acceptors (Lipinski definition) is 3. The summed E-state index contributed by atoms with van der Waals surface area (Å²) in [5.41, 5.74) is 0.819. The van der Waals surface area contributed by atoms with E-state index in [1.807, 2.05) is 15.8 Å². The van der Waals surface area contributed by atoms with E-state index in [9.17, 15) is 4.79 Å². The minimum absolute atomic E-state index is 0.0373. The molecule has 1 saturated carbocycles. The van der Waals surface area contributed by atoms with Crippen LogP contribution < -0.4 is 5.32 Å². The molecule has 6 nitrogen and oxygen atoms in total. The lowest BCUT2D eigenvalue weighted by Gasteiger charge is -2.28. The van der Waals surface area contributed by atoms with Crippen molar-refractivity contribution >= 4 is 11.7 Å². The standard InChI is InChI=1S/C18H29N5O/c1-14(15-6-7-15)23-12-16(11-19-23)20-18(24)22-10-4-5-17(22)13-21-8-2-3-9-21/h11-12,14-15,17H,2-10,13H2,1H3,(H,20,24)/t14-,17-/m0/s1. The summed E-state index contributed by atoms with van der Waals surface area (Å²) in [5.74, 6) is 0.761. The lowest BCUT2D eigenvalue weighted by molar-refractivity contribution is 0.186. The van der Waals surface area contributed by atoms with Crippen molar-refractivity contribution < 1.29 is 4.79 Å². The summed E-state index contributed by atoms with van der Waals surface area (Å²) in [6, 6.07) is 0.837. The Bertz CT molecular complexity index is 576. The Kier molecular flexibility index (Phi) is 4.48. The highest BCUT2D eigenvalue weighted by atomic mass is 16.2. The van der Waals surface area contributed by atoms with Gasteiger partial charge >= 0.3 is 6.03 Å². The second-order valence-electron chi connectivity index (χ2n) is 7.71. The molecule has 1 aromatic heterocycles. The van der Waals surface area contributed by atoms with Crippen LogP contribution in [0.3, 0.4) is 0 Å². The maximum absolute atomic E-state index is 12.7. The van der Waals surface area contributed by atoms with Crippen LogP contribution in [0.5, 0.6) is 0 Å². The average Bonchev–Trinajstić information content (AvgIpc) is 2.97. The third kappa shape index (κ3) is 3.43. The normalized spacial score (nSPS) is 26.0. The quantitative estimate of drug-likeness (QED) is 0.902. The molecule has 132 valence electrons. The number of nitrogens with one attached hydrogen (secondary N) is 1. The molecule has 3 fully saturated rings. The zero-order valence-electron chi connectivity index (χ0n) is 14.7. The van der Waals surface area contributed by atoms with E-state index < -0.39 is 0 Å². The molecule has 2 saturated heterocycles. The number of aromatic nitrogens is 2. The fourth-order valence-corrected chi connectivity index (χ4v) is 4.17. The third-order valence-electron chi connectivity index (χ3n) is 5.88. The van der Waals surface area contributed by atoms with Gasteiger partial charge in [-0.3, -0.25) is 4.68 Å². The van der Waals surface area contributed by atoms with Crippen molar-refractivity contribution in [3.8, 4) is 0 Å². The molecule has 2 amide bonds. The van der Waals surface area contributed by atoms with Crippen LogP contribution >= 0.6 is 0 Å². The summed E-state index contributed by atoms with van der Waals surface area (Å²) in [7, 11) is 0. The van der Waals surface area contributed by atoms with E-state index >= 15 is 0 Å². The van der Waals surface area contributed by atoms with E-state index in [0.29, 0.717) is 12.1 Å². The van der Waals surface area contributed by atoms with Gasteiger partial charge in [0.05, 0.1) is 17.9 Å². The Morgan fingerprint density at radius 1 is 1.25 bits per heavy atom. The molecule has 3 aliphatic rings. The van der Waals surface area contributed by atoms with Crippen LogP contribution in [-0.4, -0.2) is 57.8 Å². The van der Waals surface area contributed by atoms with Gasteiger partial charge < -0.3 is 15.1 Å². The molecular formula is C18H29N5O. The smallest absolute Gasteiger partial charge is 0.320 e. The average molecular weight is 331 g/mol. The van der Waals surface area contributed by atoms with Gasteiger partial charge in [-0.2, -0.15) is 5.10 Å². The van der Waals surface area contributed by atoms with E-state index in [4.69, 9.17) is 0 Å². The first kappa shape index (κ1) is 15.9. The molecule has 0 aromatic carbocycles. The van der Waals surface area contributed by atoms with Gasteiger partial charge in [-0.25, -0.2) is 4.79 Å². The molecule has 1 aromatic rings. The molecule has 2 aliphatic heterocycles. The van der Waals surface area contributed by atoms with Gasteiger partial charge in [0.2, 0.25) is 0 Å². The molecule has 6 heteroatoms. The summed E-state index contributed by atoms with van der Waals surface area (Å²) in [6.45, 7) is 6.50. The summed E-state index contributed by atoms with van der Waals surface area (Å²) < 4.78 is 2.00. The summed E-state index contributed by atoms with van der Waals surface area (Å²) in [4.78, 5) is 17.2. The van der Waals surface area contributed by atoms with Gasteiger partial charge in [0.1, 0.15) is 0 Å². The van der Waals surface area contributed by atoms with Crippen LogP contribution in [0.4, 0.5) is 10.5 Å². The molecule has 0 spiro atoms. The van der Waals surface area contributed by atoms with Gasteiger partial charge in [0.15, 0.2) is 0 Å². The number of hydrogen-bond donors (Lipinski definition) is 1. The Balaban J connectivity index is 1.34. The van der Waals surface area contributed by atoms with Crippen LogP contribution in [0, 0.1) is 5.92 Å². The molecule has 2 atom stereocenters. The van der Waals surface area contributed by atoms with Crippen molar-refractivity contribution in [2.24, 2.45) is 5.92 Å². The van der Waals surface area contributed by atoms with Crippen molar-refractivity contribution in [2.75, 3.05) is 31.5 Å². The molecule has 4 rings (SSSR count). The molecule has 1 aliphatic carbocycles. The van der Waals surface area contributed by atoms with E-state index in [2.05, 4.69) is 22.2 Å². The van der Waals surface area contributed by atoms with Crippen LogP contribution in [0.2, 0.25) is 0 Å². The van der Waals surface area contributed by atoms with Crippen molar-refractivity contribution in [3.05, 3.63) is 12.4 Å². The molecule has 3 heterocycles. The molecule has 0 bridgehead atoms. The highest BCUT2D eigenvalue weighted by Gasteiger charge is 2.32. The largest absolute Gasteiger partial charge is 0.322 e. The lowest BCUT2D eigenvalue weighted by Crippen LogP contribution is -2.44. The topological polar surface area (TPSA) is 53.4 Å². The minimum atomic E-state index is 0.0373. The highest BCUT2D eigenvalue weighted by Crippen LogP contribution is 2.39. The monoisotopic (exact) mass is 331 g/mol. The second kappa shape index (κ2) is 6.75. The van der Waals surface area contributed by atoms with E-state index in [1.54, 1.807) is 6.20 Å². The van der Waals surface area contributed by atoms with Crippen molar-refractivity contribution in [1.82, 2.24) is 19.6 Å². The number of likely N-dealkylation sites (tertiary alicyclic amines) is 2. The van der Waals surface area contributed by atoms with Crippen molar-refractivity contribution in [1.29, 1.82) is 0 Å². The van der Waals surface area contributed by atoms with Gasteiger partial charge in [0, 0.05) is 25.3 Å². The summed E-state index contributed by atoms with van der Waals surface area (Å²) in [5, 5.41) is 7.49. The first-order chi connectivity index (χ1) is 11.7. The van der Waals surface area contributed by atoms with Crippen LogP contribution in [-0.2, 0) is 0 Å². The number of carbonyl (C=O) groups excluding carboxylic acids is 1. The zero-order valence-corrected chi connectivity index (χ0v) is 14.7. The molecule has 24 heavy (non-hydrogen) atoms. The maximum atomic E-state index is 12.7. The Hall–Kier alpha value is -1.56. The fourth-order valence-electron chi connectivity index (χ4n) is 4.17. The number of nitrogens with zero attached hydrogens (tertiary/aromatic N) is 4. The molecule has 0 unspecified atom stereocenters. The van der Waals surface area contributed by atoms with Crippen molar-refractivity contribution in [2.45, 2.75) is 57.5 Å². The Labute approximate surface area is 144 Å². The first-order valence-corrected chi connectivity index (χ1v) is 9.55. The summed E-state index contributed by atoms with van der Waals surface area (Å²) in [6.07, 6.45) is 11.2. The van der Waals surface area contributed by atoms with E-state index in [-0.39, 0.29) is 6.03 Å². The molecular weight excluding hydrogens is 302 g/mol. The highest BCUT2D eigenvalue weighted by molar-refractivity contribution is 5.89. The fraction of sp³-hybridized carbons (Fsp3) is 0.778. The number of urea groups is 1.